The topological polar surface area (TPSA) is 77.0 Å². The van der Waals surface area contributed by atoms with Gasteiger partial charge in [0, 0.05) is 16.0 Å². The Balaban J connectivity index is 2.05. The van der Waals surface area contributed by atoms with Gasteiger partial charge in [0.05, 0.1) is 12.6 Å². The van der Waals surface area contributed by atoms with Crippen LogP contribution in [0.4, 0.5) is 13.6 Å². The Bertz CT molecular complexity index is 920. The number of aliphatic imine (C=N–C) groups is 1. The zero-order chi connectivity index (χ0) is 21.8. The number of ether oxygens (including phenoxy) is 2. The Hall–Kier alpha value is -1.68. The van der Waals surface area contributed by atoms with Crippen molar-refractivity contribution in [2.24, 2.45) is 10.9 Å². The molecule has 1 saturated carbocycles. The minimum atomic E-state index is -1.29. The van der Waals surface area contributed by atoms with Gasteiger partial charge in [0.15, 0.2) is 16.8 Å². The summed E-state index contributed by atoms with van der Waals surface area (Å²) in [6.45, 7) is 6.74. The van der Waals surface area contributed by atoms with Gasteiger partial charge in [-0.2, -0.15) is 0 Å². The summed E-state index contributed by atoms with van der Waals surface area (Å²) in [4.78, 5) is 29.3. The molecule has 2 aliphatic rings. The molecule has 0 radical (unpaired) electrons. The van der Waals surface area contributed by atoms with Crippen molar-refractivity contribution in [3.05, 3.63) is 33.8 Å². The van der Waals surface area contributed by atoms with E-state index in [9.17, 15) is 18.4 Å². The van der Waals surface area contributed by atoms with E-state index in [-0.39, 0.29) is 10.7 Å². The van der Waals surface area contributed by atoms with Crippen molar-refractivity contribution in [1.82, 2.24) is 5.32 Å². The van der Waals surface area contributed by atoms with Crippen LogP contribution in [-0.4, -0.2) is 34.7 Å². The maximum atomic E-state index is 14.7. The number of esters is 1. The number of nitrogens with zero attached hydrogens (tertiary/aromatic N) is 1. The first-order valence-electron chi connectivity index (χ1n) is 8.85. The predicted molar refractivity (Wildman–Crippen MR) is 109 cm³/mol. The van der Waals surface area contributed by atoms with Gasteiger partial charge in [-0.15, -0.1) is 0 Å². The number of hydrogen-bond acceptors (Lipinski definition) is 6. The van der Waals surface area contributed by atoms with Crippen molar-refractivity contribution in [2.45, 2.75) is 50.0 Å². The van der Waals surface area contributed by atoms with E-state index in [0.717, 1.165) is 17.8 Å². The predicted octanol–water partition coefficient (Wildman–Crippen LogP) is 4.50. The average Bonchev–Trinajstić information content (AvgIpc) is 3.32. The van der Waals surface area contributed by atoms with Gasteiger partial charge < -0.3 is 9.47 Å². The summed E-state index contributed by atoms with van der Waals surface area (Å²) in [5, 5.41) is 2.61. The van der Waals surface area contributed by atoms with E-state index in [1.165, 1.54) is 13.2 Å². The van der Waals surface area contributed by atoms with Gasteiger partial charge in [-0.1, -0.05) is 27.7 Å². The molecule has 3 atom stereocenters. The smallest absolute Gasteiger partial charge is 0.413 e. The van der Waals surface area contributed by atoms with Crippen molar-refractivity contribution in [1.29, 1.82) is 0 Å². The van der Waals surface area contributed by atoms with E-state index in [1.807, 2.05) is 0 Å². The van der Waals surface area contributed by atoms with E-state index >= 15 is 0 Å². The molecule has 1 fully saturated rings. The first-order chi connectivity index (χ1) is 13.3. The summed E-state index contributed by atoms with van der Waals surface area (Å²) in [6.07, 6.45) is -0.414. The fraction of sp³-hybridized carbons (Fsp3) is 0.526. The fourth-order valence-corrected chi connectivity index (χ4v) is 5.48. The number of carbonyl (C=O) groups is 2. The SMILES string of the molecule is COC(=O)[C@@]12CC1[C@@](C)(c1cc(Br)cc(F)c1F)N=C(NC(=O)OC(C)(C)C)S2. The number of hydrogen-bond donors (Lipinski definition) is 1. The minimum Gasteiger partial charge on any atom is -0.468 e. The highest BCUT2D eigenvalue weighted by molar-refractivity contribution is 9.10. The van der Waals surface area contributed by atoms with Crippen LogP contribution in [0.15, 0.2) is 21.6 Å². The molecule has 0 bridgehead atoms. The van der Waals surface area contributed by atoms with Crippen molar-refractivity contribution in [2.75, 3.05) is 7.11 Å². The number of fused-ring (bicyclic) bond motifs is 1. The van der Waals surface area contributed by atoms with Crippen LogP contribution in [0.25, 0.3) is 0 Å². The molecule has 1 aromatic carbocycles. The molecule has 1 aliphatic carbocycles. The molecule has 6 nitrogen and oxygen atoms in total. The number of amidine groups is 1. The van der Waals surface area contributed by atoms with Crippen LogP contribution in [0.2, 0.25) is 0 Å². The highest BCUT2D eigenvalue weighted by Crippen LogP contribution is 2.66. The molecule has 1 aromatic rings. The lowest BCUT2D eigenvalue weighted by atomic mass is 9.85. The van der Waals surface area contributed by atoms with Crippen molar-refractivity contribution >= 4 is 44.9 Å². The van der Waals surface area contributed by atoms with Gasteiger partial charge in [-0.05, 0) is 46.2 Å². The van der Waals surface area contributed by atoms with Gasteiger partial charge in [-0.3, -0.25) is 15.1 Å². The normalized spacial score (nSPS) is 28.1. The van der Waals surface area contributed by atoms with Gasteiger partial charge in [-0.25, -0.2) is 13.6 Å². The van der Waals surface area contributed by atoms with E-state index in [2.05, 4.69) is 26.2 Å². The van der Waals surface area contributed by atoms with Crippen molar-refractivity contribution in [3.63, 3.8) is 0 Å². The first-order valence-corrected chi connectivity index (χ1v) is 10.5. The maximum absolute atomic E-state index is 14.7. The molecule has 29 heavy (non-hydrogen) atoms. The third-order valence-corrected chi connectivity index (χ3v) is 6.70. The van der Waals surface area contributed by atoms with E-state index in [1.54, 1.807) is 27.7 Å². The summed E-state index contributed by atoms with van der Waals surface area (Å²) >= 11 is 4.22. The molecule has 1 N–H and O–H groups in total. The number of amides is 1. The number of rotatable bonds is 2. The Kier molecular flexibility index (Phi) is 5.49. The molecule has 1 aliphatic heterocycles. The number of benzene rings is 1. The molecule has 158 valence electrons. The summed E-state index contributed by atoms with van der Waals surface area (Å²) in [5.41, 5.74) is -2.04. The van der Waals surface area contributed by atoms with E-state index in [0.29, 0.717) is 10.9 Å². The molecule has 0 saturated heterocycles. The maximum Gasteiger partial charge on any atom is 0.413 e. The minimum absolute atomic E-state index is 0.0102. The fourth-order valence-electron chi connectivity index (χ4n) is 3.55. The Morgan fingerprint density at radius 3 is 2.59 bits per heavy atom. The lowest BCUT2D eigenvalue weighted by molar-refractivity contribution is -0.141. The van der Waals surface area contributed by atoms with Gasteiger partial charge in [0.2, 0.25) is 0 Å². The lowest BCUT2D eigenvalue weighted by Gasteiger charge is -2.34. The van der Waals surface area contributed by atoms with Gasteiger partial charge in [0.25, 0.3) is 0 Å². The van der Waals surface area contributed by atoms with Gasteiger partial charge >= 0.3 is 12.1 Å². The van der Waals surface area contributed by atoms with Crippen LogP contribution in [0.1, 0.15) is 39.7 Å². The zero-order valence-electron chi connectivity index (χ0n) is 16.6. The van der Waals surface area contributed by atoms with Crippen LogP contribution in [0, 0.1) is 17.6 Å². The molecule has 0 spiro atoms. The Labute approximate surface area is 179 Å². The highest BCUT2D eigenvalue weighted by Gasteiger charge is 2.72. The second kappa shape index (κ2) is 7.23. The van der Waals surface area contributed by atoms with Crippen LogP contribution < -0.4 is 5.32 Å². The Morgan fingerprint density at radius 1 is 1.34 bits per heavy atom. The molecule has 10 heteroatoms. The van der Waals surface area contributed by atoms with Crippen molar-refractivity contribution < 1.29 is 27.8 Å². The first kappa shape index (κ1) is 22.0. The summed E-state index contributed by atoms with van der Waals surface area (Å²) in [6, 6.07) is 2.45. The number of alkyl carbamates (subject to hydrolysis) is 1. The molecule has 1 heterocycles. The third-order valence-electron chi connectivity index (χ3n) is 4.88. The van der Waals surface area contributed by atoms with Crippen molar-refractivity contribution in [3.8, 4) is 0 Å². The molecular weight excluding hydrogens is 470 g/mol. The van der Waals surface area contributed by atoms with Crippen LogP contribution in [-0.2, 0) is 19.8 Å². The summed E-state index contributed by atoms with van der Waals surface area (Å²) < 4.78 is 38.3. The van der Waals surface area contributed by atoms with E-state index in [4.69, 9.17) is 9.47 Å². The number of halogens is 3. The molecule has 1 unspecified atom stereocenters. The largest absolute Gasteiger partial charge is 0.468 e. The molecular formula is C19H21BrF2N2O4S. The monoisotopic (exact) mass is 490 g/mol. The standard InChI is InChI=1S/C19H21BrF2N2O4S/c1-17(2,3)28-16(26)23-15-24-18(4,10-6-9(20)7-11(21)13(10)22)12-8-19(12,29-15)14(25)27-5/h6-7,12H,8H2,1-5H3,(H,23,24,26)/t12?,18-,19-/m1/s1. The highest BCUT2D eigenvalue weighted by atomic mass is 79.9. The second-order valence-corrected chi connectivity index (χ2v) is 10.4. The third kappa shape index (κ3) is 4.01. The average molecular weight is 491 g/mol. The molecule has 3 rings (SSSR count). The summed E-state index contributed by atoms with van der Waals surface area (Å²) in [7, 11) is 1.26. The molecule has 0 aromatic heterocycles. The van der Waals surface area contributed by atoms with Crippen LogP contribution >= 0.6 is 27.7 Å². The van der Waals surface area contributed by atoms with E-state index < -0.39 is 45.5 Å². The number of thioether (sulfide) groups is 1. The van der Waals surface area contributed by atoms with Crippen LogP contribution in [0.5, 0.6) is 0 Å². The zero-order valence-corrected chi connectivity index (χ0v) is 19.0. The second-order valence-electron chi connectivity index (χ2n) is 8.18. The summed E-state index contributed by atoms with van der Waals surface area (Å²) in [5.74, 6) is -3.02. The lowest BCUT2D eigenvalue weighted by Crippen LogP contribution is -2.44. The molecule has 1 amide bonds. The van der Waals surface area contributed by atoms with Gasteiger partial charge in [0.1, 0.15) is 10.3 Å². The quantitative estimate of drug-likeness (QED) is 0.487. The van der Waals surface area contributed by atoms with Crippen LogP contribution in [0.3, 0.4) is 0 Å². The number of nitrogens with one attached hydrogen (secondary N) is 1. The Morgan fingerprint density at radius 2 is 2.00 bits per heavy atom. The number of carbonyl (C=O) groups excluding carboxylic acids is 2. The number of methoxy groups -OCH3 is 1.